The Labute approximate surface area is 81.5 Å². The number of hydrogen-bond donors (Lipinski definition) is 1. The van der Waals surface area contributed by atoms with Gasteiger partial charge in [0.25, 0.3) is 0 Å². The number of amides is 1. The summed E-state index contributed by atoms with van der Waals surface area (Å²) >= 11 is 0. The van der Waals surface area contributed by atoms with Gasteiger partial charge in [-0.15, -0.1) is 0 Å². The standard InChI is InChI=1S/C10H22N2O/c1-9(2)8-11-7-5-6-10(13)12(3)4/h9,11H,5-8H2,1-4H3. The number of hydrogen-bond acceptors (Lipinski definition) is 2. The molecule has 3 heteroatoms. The molecule has 0 atom stereocenters. The Bertz CT molecular complexity index is 144. The summed E-state index contributed by atoms with van der Waals surface area (Å²) in [7, 11) is 3.59. The lowest BCUT2D eigenvalue weighted by molar-refractivity contribution is -0.128. The van der Waals surface area contributed by atoms with Crippen molar-refractivity contribution in [3.05, 3.63) is 0 Å². The molecular formula is C10H22N2O. The van der Waals surface area contributed by atoms with Crippen molar-refractivity contribution >= 4 is 5.91 Å². The molecule has 0 saturated heterocycles. The van der Waals surface area contributed by atoms with Gasteiger partial charge in [0.1, 0.15) is 0 Å². The van der Waals surface area contributed by atoms with Crippen LogP contribution in [0.1, 0.15) is 26.7 Å². The highest BCUT2D eigenvalue weighted by molar-refractivity contribution is 5.75. The van der Waals surface area contributed by atoms with Crippen molar-refractivity contribution in [2.75, 3.05) is 27.2 Å². The van der Waals surface area contributed by atoms with E-state index >= 15 is 0 Å². The van der Waals surface area contributed by atoms with Crippen LogP contribution in [-0.4, -0.2) is 38.0 Å². The van der Waals surface area contributed by atoms with E-state index in [1.807, 2.05) is 0 Å². The van der Waals surface area contributed by atoms with Gasteiger partial charge in [0.15, 0.2) is 0 Å². The lowest BCUT2D eigenvalue weighted by Gasteiger charge is -2.10. The first-order valence-electron chi connectivity index (χ1n) is 4.95. The highest BCUT2D eigenvalue weighted by Gasteiger charge is 2.02. The Morgan fingerprint density at radius 2 is 2.00 bits per heavy atom. The molecular weight excluding hydrogens is 164 g/mol. The SMILES string of the molecule is CC(C)CNCCCC(=O)N(C)C. The van der Waals surface area contributed by atoms with Crippen LogP contribution in [0.5, 0.6) is 0 Å². The lowest BCUT2D eigenvalue weighted by atomic mass is 10.2. The van der Waals surface area contributed by atoms with Gasteiger partial charge in [-0.3, -0.25) is 4.79 Å². The van der Waals surface area contributed by atoms with Gasteiger partial charge in [-0.05, 0) is 25.4 Å². The smallest absolute Gasteiger partial charge is 0.222 e. The molecule has 0 aromatic carbocycles. The Balaban J connectivity index is 3.21. The molecule has 13 heavy (non-hydrogen) atoms. The lowest BCUT2D eigenvalue weighted by Crippen LogP contribution is -2.25. The molecule has 0 aliphatic rings. The summed E-state index contributed by atoms with van der Waals surface area (Å²) in [5.41, 5.74) is 0. The molecule has 0 bridgehead atoms. The Hall–Kier alpha value is -0.570. The van der Waals surface area contributed by atoms with Gasteiger partial charge in [0.05, 0.1) is 0 Å². The van der Waals surface area contributed by atoms with E-state index in [0.29, 0.717) is 12.3 Å². The third kappa shape index (κ3) is 7.78. The average Bonchev–Trinajstić information content (AvgIpc) is 2.02. The second-order valence-corrected chi connectivity index (χ2v) is 3.99. The molecule has 1 amide bonds. The first-order chi connectivity index (χ1) is 6.04. The van der Waals surface area contributed by atoms with Crippen molar-refractivity contribution in [2.45, 2.75) is 26.7 Å². The maximum Gasteiger partial charge on any atom is 0.222 e. The summed E-state index contributed by atoms with van der Waals surface area (Å²) in [5, 5.41) is 3.31. The van der Waals surface area contributed by atoms with Crippen molar-refractivity contribution in [1.82, 2.24) is 10.2 Å². The minimum absolute atomic E-state index is 0.214. The van der Waals surface area contributed by atoms with Crippen LogP contribution in [0, 0.1) is 5.92 Å². The van der Waals surface area contributed by atoms with E-state index in [2.05, 4.69) is 19.2 Å². The molecule has 0 radical (unpaired) electrons. The summed E-state index contributed by atoms with van der Waals surface area (Å²) < 4.78 is 0. The molecule has 0 aliphatic heterocycles. The van der Waals surface area contributed by atoms with E-state index in [-0.39, 0.29) is 5.91 Å². The van der Waals surface area contributed by atoms with Gasteiger partial charge >= 0.3 is 0 Å². The van der Waals surface area contributed by atoms with E-state index < -0.39 is 0 Å². The second kappa shape index (κ2) is 6.89. The van der Waals surface area contributed by atoms with Crippen LogP contribution in [-0.2, 0) is 4.79 Å². The number of carbonyl (C=O) groups is 1. The predicted molar refractivity (Wildman–Crippen MR) is 55.6 cm³/mol. The van der Waals surface area contributed by atoms with Gasteiger partial charge < -0.3 is 10.2 Å². The van der Waals surface area contributed by atoms with E-state index in [1.165, 1.54) is 0 Å². The molecule has 0 saturated carbocycles. The number of nitrogens with zero attached hydrogens (tertiary/aromatic N) is 1. The highest BCUT2D eigenvalue weighted by atomic mass is 16.2. The zero-order valence-electron chi connectivity index (χ0n) is 9.26. The number of rotatable bonds is 6. The van der Waals surface area contributed by atoms with Crippen LogP contribution >= 0.6 is 0 Å². The Kier molecular flexibility index (Phi) is 6.59. The number of nitrogens with one attached hydrogen (secondary N) is 1. The summed E-state index contributed by atoms with van der Waals surface area (Å²) in [4.78, 5) is 12.8. The third-order valence-corrected chi connectivity index (χ3v) is 1.80. The fourth-order valence-electron chi connectivity index (χ4n) is 0.979. The minimum atomic E-state index is 0.214. The molecule has 0 aromatic rings. The average molecular weight is 186 g/mol. The molecule has 0 fully saturated rings. The molecule has 1 N–H and O–H groups in total. The predicted octanol–water partition coefficient (Wildman–Crippen LogP) is 1.10. The van der Waals surface area contributed by atoms with Crippen LogP contribution in [0.2, 0.25) is 0 Å². The normalized spacial score (nSPS) is 10.5. The topological polar surface area (TPSA) is 32.3 Å². The van der Waals surface area contributed by atoms with E-state index in [1.54, 1.807) is 19.0 Å². The summed E-state index contributed by atoms with van der Waals surface area (Å²) in [5.74, 6) is 0.899. The first kappa shape index (κ1) is 12.4. The zero-order chi connectivity index (χ0) is 10.3. The van der Waals surface area contributed by atoms with E-state index in [0.717, 1.165) is 19.5 Å². The Morgan fingerprint density at radius 1 is 1.38 bits per heavy atom. The highest BCUT2D eigenvalue weighted by Crippen LogP contribution is 1.93. The first-order valence-corrected chi connectivity index (χ1v) is 4.95. The van der Waals surface area contributed by atoms with Crippen molar-refractivity contribution in [1.29, 1.82) is 0 Å². The van der Waals surface area contributed by atoms with Crippen molar-refractivity contribution in [3.63, 3.8) is 0 Å². The van der Waals surface area contributed by atoms with Crippen LogP contribution in [0.15, 0.2) is 0 Å². The maximum absolute atomic E-state index is 11.1. The monoisotopic (exact) mass is 186 g/mol. The van der Waals surface area contributed by atoms with Gasteiger partial charge in [-0.1, -0.05) is 13.8 Å². The molecule has 0 spiro atoms. The molecule has 0 aromatic heterocycles. The summed E-state index contributed by atoms with van der Waals surface area (Å²) in [6.07, 6.45) is 1.59. The molecule has 0 rings (SSSR count). The zero-order valence-corrected chi connectivity index (χ0v) is 9.26. The largest absolute Gasteiger partial charge is 0.349 e. The van der Waals surface area contributed by atoms with Gasteiger partial charge in [0.2, 0.25) is 5.91 Å². The van der Waals surface area contributed by atoms with Crippen LogP contribution in [0.3, 0.4) is 0 Å². The van der Waals surface area contributed by atoms with Crippen molar-refractivity contribution in [2.24, 2.45) is 5.92 Å². The van der Waals surface area contributed by atoms with Gasteiger partial charge in [-0.25, -0.2) is 0 Å². The fraction of sp³-hybridized carbons (Fsp3) is 0.900. The van der Waals surface area contributed by atoms with Crippen molar-refractivity contribution < 1.29 is 4.79 Å². The van der Waals surface area contributed by atoms with Crippen LogP contribution in [0.25, 0.3) is 0 Å². The third-order valence-electron chi connectivity index (χ3n) is 1.80. The van der Waals surface area contributed by atoms with Crippen molar-refractivity contribution in [3.8, 4) is 0 Å². The van der Waals surface area contributed by atoms with Crippen LogP contribution < -0.4 is 5.32 Å². The quantitative estimate of drug-likeness (QED) is 0.630. The molecule has 0 aliphatic carbocycles. The summed E-state index contributed by atoms with van der Waals surface area (Å²) in [6, 6.07) is 0. The van der Waals surface area contributed by atoms with Gasteiger partial charge in [0, 0.05) is 20.5 Å². The second-order valence-electron chi connectivity index (χ2n) is 3.99. The molecule has 0 unspecified atom stereocenters. The summed E-state index contributed by atoms with van der Waals surface area (Å²) in [6.45, 7) is 6.34. The number of carbonyl (C=O) groups excluding carboxylic acids is 1. The molecule has 0 heterocycles. The maximum atomic E-state index is 11.1. The minimum Gasteiger partial charge on any atom is -0.349 e. The molecule has 78 valence electrons. The van der Waals surface area contributed by atoms with Crippen LogP contribution in [0.4, 0.5) is 0 Å². The molecule has 3 nitrogen and oxygen atoms in total. The van der Waals surface area contributed by atoms with Gasteiger partial charge in [-0.2, -0.15) is 0 Å². The fourth-order valence-corrected chi connectivity index (χ4v) is 0.979. The Morgan fingerprint density at radius 3 is 2.46 bits per heavy atom. The van der Waals surface area contributed by atoms with E-state index in [4.69, 9.17) is 0 Å². The van der Waals surface area contributed by atoms with E-state index in [9.17, 15) is 4.79 Å².